The number of carbonyl (C=O) groups excluding carboxylic acids is 1. The molecule has 9 heteroatoms. The number of likely N-dealkylation sites (tertiary alicyclic amines) is 1. The molecule has 0 bridgehead atoms. The van der Waals surface area contributed by atoms with Crippen LogP contribution in [0.1, 0.15) is 22.3 Å². The van der Waals surface area contributed by atoms with Gasteiger partial charge in [0.25, 0.3) is 0 Å². The van der Waals surface area contributed by atoms with E-state index in [1.54, 1.807) is 36.4 Å². The van der Waals surface area contributed by atoms with Crippen LogP contribution >= 0.6 is 11.6 Å². The van der Waals surface area contributed by atoms with Crippen LogP contribution in [-0.2, 0) is 0 Å². The molecule has 6 nitrogen and oxygen atoms in total. The van der Waals surface area contributed by atoms with Gasteiger partial charge < -0.3 is 14.4 Å². The zero-order valence-electron chi connectivity index (χ0n) is 20.4. The summed E-state index contributed by atoms with van der Waals surface area (Å²) < 4.78 is 39.0. The van der Waals surface area contributed by atoms with Gasteiger partial charge in [-0.15, -0.1) is 0 Å². The number of benzene rings is 3. The number of hydrogen-bond acceptors (Lipinski definition) is 6. The third-order valence-corrected chi connectivity index (χ3v) is 6.95. The number of halogens is 3. The molecule has 196 valence electrons. The minimum absolute atomic E-state index is 0.0261. The Hall–Kier alpha value is -3.75. The highest BCUT2D eigenvalue weighted by Gasteiger charge is 2.28. The summed E-state index contributed by atoms with van der Waals surface area (Å²) in [6.07, 6.45) is 0.812. The molecule has 1 aromatic heterocycles. The zero-order chi connectivity index (χ0) is 26.6. The SMILES string of the molecule is O=C(c1ccc(OCCN2CC[C@@H](CF)C2)c(F)c1)c1c(-c2ccccc2Cl)noc1-c1ccc(O)cc1. The average Bonchev–Trinajstić information content (AvgIpc) is 3.57. The number of rotatable bonds is 9. The molecule has 1 fully saturated rings. The Bertz CT molecular complexity index is 1440. The van der Waals surface area contributed by atoms with Gasteiger partial charge in [0.05, 0.1) is 17.3 Å². The van der Waals surface area contributed by atoms with Gasteiger partial charge in [0.2, 0.25) is 0 Å². The second-order valence-corrected chi connectivity index (χ2v) is 9.60. The van der Waals surface area contributed by atoms with Crippen molar-refractivity contribution in [2.24, 2.45) is 5.92 Å². The molecule has 2 heterocycles. The maximum atomic E-state index is 15.0. The van der Waals surface area contributed by atoms with Crippen LogP contribution in [0.3, 0.4) is 0 Å². The Kier molecular flexibility index (Phi) is 7.72. The molecular weight excluding hydrogens is 514 g/mol. The quantitative estimate of drug-likeness (QED) is 0.248. The van der Waals surface area contributed by atoms with Crippen molar-refractivity contribution in [3.8, 4) is 34.1 Å². The zero-order valence-corrected chi connectivity index (χ0v) is 21.1. The molecule has 3 aromatic carbocycles. The number of phenols is 1. The lowest BCUT2D eigenvalue weighted by atomic mass is 9.95. The predicted molar refractivity (Wildman–Crippen MR) is 140 cm³/mol. The summed E-state index contributed by atoms with van der Waals surface area (Å²) in [7, 11) is 0. The van der Waals surface area contributed by atoms with Crippen molar-refractivity contribution < 1.29 is 27.9 Å². The number of ether oxygens (including phenoxy) is 1. The standard InChI is InChI=1S/C29H25ClF2N2O4/c30-23-4-2-1-3-22(23)27-26(29(38-33-27)19-5-8-21(35)9-6-19)28(36)20-7-10-25(24(32)15-20)37-14-13-34-12-11-18(16-31)17-34/h1-10,15,18,35H,11-14,16-17H2/t18-/m0/s1. The van der Waals surface area contributed by atoms with Crippen LogP contribution in [-0.4, -0.2) is 53.9 Å². The van der Waals surface area contributed by atoms with Gasteiger partial charge >= 0.3 is 0 Å². The summed E-state index contributed by atoms with van der Waals surface area (Å²) in [5, 5.41) is 14.2. The maximum Gasteiger partial charge on any atom is 0.199 e. The minimum Gasteiger partial charge on any atom is -0.508 e. The molecule has 1 atom stereocenters. The molecule has 0 unspecified atom stereocenters. The first-order valence-electron chi connectivity index (χ1n) is 12.2. The van der Waals surface area contributed by atoms with Gasteiger partial charge in [-0.05, 0) is 61.5 Å². The van der Waals surface area contributed by atoms with Crippen LogP contribution in [0.2, 0.25) is 5.02 Å². The molecular formula is C29H25ClF2N2O4. The highest BCUT2D eigenvalue weighted by atomic mass is 35.5. The lowest BCUT2D eigenvalue weighted by Crippen LogP contribution is -2.26. The summed E-state index contributed by atoms with van der Waals surface area (Å²) >= 11 is 6.39. The van der Waals surface area contributed by atoms with Gasteiger partial charge in [-0.2, -0.15) is 0 Å². The van der Waals surface area contributed by atoms with Crippen molar-refractivity contribution in [2.75, 3.05) is 32.9 Å². The van der Waals surface area contributed by atoms with Gasteiger partial charge in [-0.25, -0.2) is 4.39 Å². The monoisotopic (exact) mass is 538 g/mol. The van der Waals surface area contributed by atoms with Crippen molar-refractivity contribution in [2.45, 2.75) is 6.42 Å². The van der Waals surface area contributed by atoms with E-state index < -0.39 is 11.6 Å². The highest BCUT2D eigenvalue weighted by molar-refractivity contribution is 6.33. The number of alkyl halides is 1. The molecule has 0 aliphatic carbocycles. The predicted octanol–water partition coefficient (Wildman–Crippen LogP) is 6.41. The lowest BCUT2D eigenvalue weighted by molar-refractivity contribution is 0.103. The highest BCUT2D eigenvalue weighted by Crippen LogP contribution is 2.37. The molecule has 1 N–H and O–H groups in total. The second-order valence-electron chi connectivity index (χ2n) is 9.19. The molecule has 5 rings (SSSR count). The van der Waals surface area contributed by atoms with Crippen molar-refractivity contribution >= 4 is 17.4 Å². The minimum atomic E-state index is -0.680. The number of ketones is 1. The topological polar surface area (TPSA) is 75.8 Å². The van der Waals surface area contributed by atoms with Gasteiger partial charge in [0.1, 0.15) is 18.1 Å². The van der Waals surface area contributed by atoms with Crippen molar-refractivity contribution in [1.29, 1.82) is 0 Å². The van der Waals surface area contributed by atoms with Crippen molar-refractivity contribution in [3.63, 3.8) is 0 Å². The fraction of sp³-hybridized carbons (Fsp3) is 0.241. The number of carbonyl (C=O) groups is 1. The Morgan fingerprint density at radius 3 is 2.66 bits per heavy atom. The Balaban J connectivity index is 1.42. The fourth-order valence-electron chi connectivity index (χ4n) is 4.58. The number of aromatic hydroxyl groups is 1. The van der Waals surface area contributed by atoms with Crippen LogP contribution in [0.4, 0.5) is 8.78 Å². The smallest absolute Gasteiger partial charge is 0.199 e. The largest absolute Gasteiger partial charge is 0.508 e. The van der Waals surface area contributed by atoms with E-state index in [-0.39, 0.29) is 53.3 Å². The van der Waals surface area contributed by atoms with E-state index in [4.69, 9.17) is 20.9 Å². The first-order valence-corrected chi connectivity index (χ1v) is 12.6. The van der Waals surface area contributed by atoms with Crippen LogP contribution in [0, 0.1) is 11.7 Å². The van der Waals surface area contributed by atoms with Crippen molar-refractivity contribution in [1.82, 2.24) is 10.1 Å². The van der Waals surface area contributed by atoms with E-state index in [0.29, 0.717) is 29.2 Å². The number of phenolic OH excluding ortho intramolecular Hbond substituents is 1. The van der Waals surface area contributed by atoms with E-state index in [9.17, 15) is 18.7 Å². The maximum absolute atomic E-state index is 15.0. The molecule has 0 amide bonds. The molecule has 0 radical (unpaired) electrons. The third-order valence-electron chi connectivity index (χ3n) is 6.62. The fourth-order valence-corrected chi connectivity index (χ4v) is 4.80. The molecule has 1 aliphatic rings. The van der Waals surface area contributed by atoms with Crippen LogP contribution < -0.4 is 4.74 Å². The van der Waals surface area contributed by atoms with Crippen LogP contribution in [0.25, 0.3) is 22.6 Å². The van der Waals surface area contributed by atoms with E-state index in [1.807, 2.05) is 0 Å². The summed E-state index contributed by atoms with van der Waals surface area (Å²) in [6.45, 7) is 1.95. The first kappa shape index (κ1) is 25.9. The summed E-state index contributed by atoms with van der Waals surface area (Å²) in [5.74, 6) is -0.889. The van der Waals surface area contributed by atoms with E-state index >= 15 is 0 Å². The second kappa shape index (κ2) is 11.3. The van der Waals surface area contributed by atoms with Gasteiger partial charge in [0.15, 0.2) is 23.1 Å². The number of aromatic nitrogens is 1. The first-order chi connectivity index (χ1) is 18.4. The summed E-state index contributed by atoms with van der Waals surface area (Å²) in [5.41, 5.74) is 1.42. The van der Waals surface area contributed by atoms with Gasteiger partial charge in [0, 0.05) is 35.7 Å². The molecule has 1 saturated heterocycles. The Morgan fingerprint density at radius 2 is 1.95 bits per heavy atom. The van der Waals surface area contributed by atoms with E-state index in [0.717, 1.165) is 19.0 Å². The molecule has 38 heavy (non-hydrogen) atoms. The Labute approximate surface area is 223 Å². The van der Waals surface area contributed by atoms with Crippen LogP contribution in [0.5, 0.6) is 11.5 Å². The molecule has 4 aromatic rings. The average molecular weight is 539 g/mol. The van der Waals surface area contributed by atoms with Crippen LogP contribution in [0.15, 0.2) is 71.3 Å². The Morgan fingerprint density at radius 1 is 1.16 bits per heavy atom. The van der Waals surface area contributed by atoms with Gasteiger partial charge in [-0.3, -0.25) is 14.1 Å². The molecule has 0 spiro atoms. The molecule has 1 aliphatic heterocycles. The number of hydrogen-bond donors (Lipinski definition) is 1. The summed E-state index contributed by atoms with van der Waals surface area (Å²) in [6, 6.07) is 17.0. The third kappa shape index (κ3) is 5.42. The normalized spacial score (nSPS) is 15.6. The summed E-state index contributed by atoms with van der Waals surface area (Å²) in [4.78, 5) is 15.8. The number of nitrogens with zero attached hydrogens (tertiary/aromatic N) is 2. The molecule has 0 saturated carbocycles. The lowest BCUT2D eigenvalue weighted by Gasteiger charge is -2.16. The van der Waals surface area contributed by atoms with Crippen molar-refractivity contribution in [3.05, 3.63) is 88.7 Å². The van der Waals surface area contributed by atoms with E-state index in [2.05, 4.69) is 10.1 Å². The van der Waals surface area contributed by atoms with E-state index in [1.165, 1.54) is 24.3 Å². The van der Waals surface area contributed by atoms with Gasteiger partial charge in [-0.1, -0.05) is 35.0 Å².